The second kappa shape index (κ2) is 7.07. The second-order valence-corrected chi connectivity index (χ2v) is 4.76. The van der Waals surface area contributed by atoms with Crippen LogP contribution in [0.5, 0.6) is 5.75 Å². The summed E-state index contributed by atoms with van der Waals surface area (Å²) in [6.07, 6.45) is -3.44. The zero-order valence-electron chi connectivity index (χ0n) is 12.5. The normalized spacial score (nSPS) is 11.0. The van der Waals surface area contributed by atoms with Crippen LogP contribution in [0.4, 0.5) is 18.9 Å². The lowest BCUT2D eigenvalue weighted by Crippen LogP contribution is -2.34. The van der Waals surface area contributed by atoms with Gasteiger partial charge in [0.15, 0.2) is 5.76 Å². The third kappa shape index (κ3) is 5.04. The minimum Gasteiger partial charge on any atom is -0.459 e. The molecular weight excluding hydrogens is 329 g/mol. The lowest BCUT2D eigenvalue weighted by molar-refractivity contribution is -0.274. The summed E-state index contributed by atoms with van der Waals surface area (Å²) in [7, 11) is 1.42. The van der Waals surface area contributed by atoms with Crippen LogP contribution in [0, 0.1) is 0 Å². The van der Waals surface area contributed by atoms with E-state index in [9.17, 15) is 22.8 Å². The van der Waals surface area contributed by atoms with Crippen molar-refractivity contribution in [2.24, 2.45) is 0 Å². The largest absolute Gasteiger partial charge is 0.573 e. The molecule has 0 bridgehead atoms. The Hall–Kier alpha value is -2.97. The maximum atomic E-state index is 12.1. The molecule has 0 unspecified atom stereocenters. The van der Waals surface area contributed by atoms with Crippen LogP contribution in [-0.2, 0) is 4.79 Å². The summed E-state index contributed by atoms with van der Waals surface area (Å²) in [6, 6.07) is 7.67. The van der Waals surface area contributed by atoms with Gasteiger partial charge in [-0.2, -0.15) is 0 Å². The number of hydrogen-bond acceptors (Lipinski definition) is 4. The summed E-state index contributed by atoms with van der Waals surface area (Å²) in [6.45, 7) is -0.250. The Morgan fingerprint density at radius 3 is 2.42 bits per heavy atom. The van der Waals surface area contributed by atoms with Gasteiger partial charge in [-0.05, 0) is 36.4 Å². The molecule has 2 rings (SSSR count). The first-order valence-electron chi connectivity index (χ1n) is 6.69. The molecule has 1 aromatic heterocycles. The Labute approximate surface area is 134 Å². The molecule has 0 saturated carbocycles. The highest BCUT2D eigenvalue weighted by Gasteiger charge is 2.31. The van der Waals surface area contributed by atoms with Gasteiger partial charge in [-0.15, -0.1) is 13.2 Å². The minimum absolute atomic E-state index is 0.0963. The van der Waals surface area contributed by atoms with Crippen molar-refractivity contribution in [1.29, 1.82) is 0 Å². The van der Waals surface area contributed by atoms with Crippen molar-refractivity contribution >= 4 is 17.5 Å². The van der Waals surface area contributed by atoms with Crippen molar-refractivity contribution in [3.8, 4) is 5.75 Å². The second-order valence-electron chi connectivity index (χ2n) is 4.76. The van der Waals surface area contributed by atoms with E-state index in [0.717, 1.165) is 17.0 Å². The average molecular weight is 342 g/mol. The van der Waals surface area contributed by atoms with E-state index in [0.29, 0.717) is 0 Å². The molecular formula is C15H13F3N2O4. The number of carbonyl (C=O) groups is 2. The SMILES string of the molecule is CN(CC(=O)Nc1ccc(OC(F)(F)F)cc1)C(=O)c1ccco1. The van der Waals surface area contributed by atoms with Gasteiger partial charge in [0, 0.05) is 12.7 Å². The number of carbonyl (C=O) groups excluding carboxylic acids is 2. The molecule has 0 radical (unpaired) electrons. The Kier molecular flexibility index (Phi) is 5.12. The lowest BCUT2D eigenvalue weighted by Gasteiger charge is -2.15. The molecule has 0 fully saturated rings. The average Bonchev–Trinajstić information content (AvgIpc) is 3.01. The number of nitrogens with zero attached hydrogens (tertiary/aromatic N) is 1. The molecule has 0 spiro atoms. The Bertz CT molecular complexity index is 697. The van der Waals surface area contributed by atoms with Crippen LogP contribution in [0.15, 0.2) is 47.1 Å². The van der Waals surface area contributed by atoms with Crippen molar-refractivity contribution < 1.29 is 31.9 Å². The third-order valence-electron chi connectivity index (χ3n) is 2.83. The van der Waals surface area contributed by atoms with Gasteiger partial charge in [-0.1, -0.05) is 0 Å². The number of benzene rings is 1. The van der Waals surface area contributed by atoms with Crippen LogP contribution in [0.2, 0.25) is 0 Å². The number of ether oxygens (including phenoxy) is 1. The van der Waals surface area contributed by atoms with E-state index in [1.54, 1.807) is 6.07 Å². The fraction of sp³-hybridized carbons (Fsp3) is 0.200. The van der Waals surface area contributed by atoms with Crippen molar-refractivity contribution in [3.63, 3.8) is 0 Å². The van der Waals surface area contributed by atoms with E-state index in [4.69, 9.17) is 4.42 Å². The maximum absolute atomic E-state index is 12.1. The van der Waals surface area contributed by atoms with E-state index in [1.165, 1.54) is 31.5 Å². The van der Waals surface area contributed by atoms with Gasteiger partial charge in [-0.3, -0.25) is 9.59 Å². The molecule has 1 N–H and O–H groups in total. The quantitative estimate of drug-likeness (QED) is 0.907. The van der Waals surface area contributed by atoms with Crippen molar-refractivity contribution in [2.75, 3.05) is 18.9 Å². The van der Waals surface area contributed by atoms with E-state index in [2.05, 4.69) is 10.1 Å². The van der Waals surface area contributed by atoms with Crippen LogP contribution < -0.4 is 10.1 Å². The lowest BCUT2D eigenvalue weighted by atomic mass is 10.3. The third-order valence-corrected chi connectivity index (χ3v) is 2.83. The number of nitrogens with one attached hydrogen (secondary N) is 1. The van der Waals surface area contributed by atoms with Gasteiger partial charge in [-0.25, -0.2) is 0 Å². The number of likely N-dealkylation sites (N-methyl/N-ethyl adjacent to an activating group) is 1. The zero-order valence-corrected chi connectivity index (χ0v) is 12.5. The Morgan fingerprint density at radius 2 is 1.88 bits per heavy atom. The standard InChI is InChI=1S/C15H13F3N2O4/c1-20(14(22)12-3-2-8-23-12)9-13(21)19-10-4-6-11(7-5-10)24-15(16,17)18/h2-8H,9H2,1H3,(H,19,21). The van der Waals surface area contributed by atoms with Gasteiger partial charge in [0.25, 0.3) is 5.91 Å². The molecule has 0 atom stereocenters. The molecule has 0 aliphatic heterocycles. The van der Waals surface area contributed by atoms with Crippen LogP contribution in [0.25, 0.3) is 0 Å². The van der Waals surface area contributed by atoms with Crippen molar-refractivity contribution in [1.82, 2.24) is 4.90 Å². The van der Waals surface area contributed by atoms with Crippen LogP contribution in [0.3, 0.4) is 0 Å². The van der Waals surface area contributed by atoms with Crippen LogP contribution in [-0.4, -0.2) is 36.7 Å². The number of hydrogen-bond donors (Lipinski definition) is 1. The monoisotopic (exact) mass is 342 g/mol. The summed E-state index contributed by atoms with van der Waals surface area (Å²) in [5.74, 6) is -1.28. The first-order valence-corrected chi connectivity index (χ1v) is 6.69. The van der Waals surface area contributed by atoms with E-state index in [1.807, 2.05) is 0 Å². The fourth-order valence-electron chi connectivity index (χ4n) is 1.82. The molecule has 24 heavy (non-hydrogen) atoms. The zero-order chi connectivity index (χ0) is 17.7. The van der Waals surface area contributed by atoms with E-state index < -0.39 is 23.9 Å². The number of rotatable bonds is 5. The summed E-state index contributed by atoms with van der Waals surface area (Å²) in [5.41, 5.74) is 0.272. The summed E-state index contributed by atoms with van der Waals surface area (Å²) < 4.78 is 44.8. The van der Waals surface area contributed by atoms with Gasteiger partial charge in [0.2, 0.25) is 5.91 Å². The van der Waals surface area contributed by atoms with E-state index in [-0.39, 0.29) is 18.0 Å². The highest BCUT2D eigenvalue weighted by Crippen LogP contribution is 2.23. The van der Waals surface area contributed by atoms with Gasteiger partial charge < -0.3 is 19.4 Å². The molecule has 0 aliphatic rings. The van der Waals surface area contributed by atoms with Crippen molar-refractivity contribution in [2.45, 2.75) is 6.36 Å². The molecule has 1 aromatic carbocycles. The highest BCUT2D eigenvalue weighted by molar-refractivity contribution is 5.97. The topological polar surface area (TPSA) is 71.8 Å². The number of anilines is 1. The van der Waals surface area contributed by atoms with E-state index >= 15 is 0 Å². The summed E-state index contributed by atoms with van der Waals surface area (Å²) >= 11 is 0. The summed E-state index contributed by atoms with van der Waals surface area (Å²) in [4.78, 5) is 24.9. The molecule has 0 saturated heterocycles. The number of alkyl halides is 3. The molecule has 0 aliphatic carbocycles. The van der Waals surface area contributed by atoms with Gasteiger partial charge in [0.1, 0.15) is 5.75 Å². The molecule has 2 amide bonds. The highest BCUT2D eigenvalue weighted by atomic mass is 19.4. The predicted molar refractivity (Wildman–Crippen MR) is 77.4 cm³/mol. The number of furan rings is 1. The molecule has 128 valence electrons. The molecule has 9 heteroatoms. The van der Waals surface area contributed by atoms with Crippen LogP contribution in [0.1, 0.15) is 10.6 Å². The van der Waals surface area contributed by atoms with Crippen LogP contribution >= 0.6 is 0 Å². The Morgan fingerprint density at radius 1 is 1.21 bits per heavy atom. The number of halogens is 3. The van der Waals surface area contributed by atoms with Gasteiger partial charge in [0.05, 0.1) is 12.8 Å². The summed E-state index contributed by atoms with van der Waals surface area (Å²) in [5, 5.41) is 2.46. The van der Waals surface area contributed by atoms with Gasteiger partial charge >= 0.3 is 6.36 Å². The Balaban J connectivity index is 1.89. The first-order chi connectivity index (χ1) is 11.2. The predicted octanol–water partition coefficient (Wildman–Crippen LogP) is 2.89. The first kappa shape index (κ1) is 17.4. The van der Waals surface area contributed by atoms with Crippen molar-refractivity contribution in [3.05, 3.63) is 48.4 Å². The minimum atomic E-state index is -4.78. The number of amides is 2. The smallest absolute Gasteiger partial charge is 0.459 e. The fourth-order valence-corrected chi connectivity index (χ4v) is 1.82. The maximum Gasteiger partial charge on any atom is 0.573 e. The molecule has 6 nitrogen and oxygen atoms in total. The molecule has 2 aromatic rings. The molecule has 1 heterocycles.